The number of sulfone groups is 1. The molecule has 0 N–H and O–H groups in total. The molecule has 0 bridgehead atoms. The molecule has 0 spiro atoms. The highest BCUT2D eigenvalue weighted by molar-refractivity contribution is 7.91. The minimum atomic E-state index is -3.10. The van der Waals surface area contributed by atoms with Gasteiger partial charge in [0, 0.05) is 12.1 Å². The summed E-state index contributed by atoms with van der Waals surface area (Å²) in [6.45, 7) is 7.18. The number of benzene rings is 1. The third kappa shape index (κ3) is 4.63. The van der Waals surface area contributed by atoms with E-state index in [9.17, 15) is 18.0 Å². The Morgan fingerprint density at radius 3 is 2.58 bits per heavy atom. The van der Waals surface area contributed by atoms with Crippen LogP contribution in [0, 0.1) is 13.8 Å². The van der Waals surface area contributed by atoms with Gasteiger partial charge in [0.1, 0.15) is 0 Å². The first kappa shape index (κ1) is 20.4. The molecule has 1 aliphatic rings. The van der Waals surface area contributed by atoms with Crippen molar-refractivity contribution >= 4 is 21.7 Å². The molecule has 0 unspecified atom stereocenters. The third-order valence-corrected chi connectivity index (χ3v) is 6.86. The number of rotatable bonds is 6. The highest BCUT2D eigenvalue weighted by Gasteiger charge is 2.36. The minimum Gasteiger partial charge on any atom is -0.452 e. The van der Waals surface area contributed by atoms with Gasteiger partial charge < -0.3 is 9.64 Å². The fourth-order valence-corrected chi connectivity index (χ4v) is 4.96. The first-order chi connectivity index (χ1) is 12.2. The van der Waals surface area contributed by atoms with E-state index < -0.39 is 15.8 Å². The molecular weight excluding hydrogens is 354 g/mol. The summed E-state index contributed by atoms with van der Waals surface area (Å²) < 4.78 is 28.8. The molecule has 0 saturated carbocycles. The van der Waals surface area contributed by atoms with E-state index in [2.05, 4.69) is 0 Å². The number of ether oxygens (including phenoxy) is 1. The zero-order valence-electron chi connectivity index (χ0n) is 15.8. The molecule has 0 aliphatic carbocycles. The number of carbonyl (C=O) groups excluding carboxylic acids is 2. The molecule has 1 heterocycles. The van der Waals surface area contributed by atoms with Crippen molar-refractivity contribution < 1.29 is 22.7 Å². The van der Waals surface area contributed by atoms with Crippen molar-refractivity contribution in [3.63, 3.8) is 0 Å². The van der Waals surface area contributed by atoms with Gasteiger partial charge in [-0.3, -0.25) is 4.79 Å². The summed E-state index contributed by atoms with van der Waals surface area (Å²) in [5, 5.41) is 0. The number of carbonyl (C=O) groups is 2. The molecule has 1 saturated heterocycles. The lowest BCUT2D eigenvalue weighted by molar-refractivity contribution is -0.138. The number of aryl methyl sites for hydroxylation is 1. The van der Waals surface area contributed by atoms with E-state index >= 15 is 0 Å². The van der Waals surface area contributed by atoms with Crippen LogP contribution in [-0.4, -0.2) is 55.4 Å². The van der Waals surface area contributed by atoms with Gasteiger partial charge in [0.15, 0.2) is 16.4 Å². The van der Waals surface area contributed by atoms with Crippen molar-refractivity contribution in [2.45, 2.75) is 52.6 Å². The van der Waals surface area contributed by atoms with Crippen molar-refractivity contribution in [1.82, 2.24) is 4.90 Å². The quantitative estimate of drug-likeness (QED) is 0.706. The lowest BCUT2D eigenvalue weighted by Gasteiger charge is -2.33. The summed E-state index contributed by atoms with van der Waals surface area (Å²) in [6.07, 6.45) is 1.14. The van der Waals surface area contributed by atoms with Crippen LogP contribution in [0.5, 0.6) is 0 Å². The fraction of sp³-hybridized carbons (Fsp3) is 0.579. The summed E-state index contributed by atoms with van der Waals surface area (Å²) in [6, 6.07) is 4.89. The van der Waals surface area contributed by atoms with Crippen LogP contribution in [0.25, 0.3) is 0 Å². The second-order valence-corrected chi connectivity index (χ2v) is 9.17. The molecule has 7 heteroatoms. The van der Waals surface area contributed by atoms with E-state index in [1.165, 1.54) is 0 Å². The van der Waals surface area contributed by atoms with Crippen LogP contribution in [0.1, 0.15) is 48.2 Å². The second-order valence-electron chi connectivity index (χ2n) is 6.94. The van der Waals surface area contributed by atoms with Gasteiger partial charge >= 0.3 is 5.97 Å². The highest BCUT2D eigenvalue weighted by atomic mass is 32.2. The fourth-order valence-electron chi connectivity index (χ4n) is 3.25. The molecule has 6 nitrogen and oxygen atoms in total. The topological polar surface area (TPSA) is 80.8 Å². The largest absolute Gasteiger partial charge is 0.452 e. The summed E-state index contributed by atoms with van der Waals surface area (Å²) in [4.78, 5) is 26.6. The number of hydrogen-bond donors (Lipinski definition) is 0. The van der Waals surface area contributed by atoms with Gasteiger partial charge in [-0.1, -0.05) is 19.1 Å². The molecule has 1 aliphatic heterocycles. The van der Waals surface area contributed by atoms with Crippen molar-refractivity contribution in [3.8, 4) is 0 Å². The molecule has 2 atom stereocenters. The number of amides is 1. The molecule has 1 amide bonds. The van der Waals surface area contributed by atoms with E-state index in [1.807, 2.05) is 33.8 Å². The Morgan fingerprint density at radius 1 is 1.31 bits per heavy atom. The molecule has 26 heavy (non-hydrogen) atoms. The van der Waals surface area contributed by atoms with Crippen LogP contribution < -0.4 is 0 Å². The van der Waals surface area contributed by atoms with E-state index in [0.717, 1.165) is 11.1 Å². The first-order valence-electron chi connectivity index (χ1n) is 8.91. The predicted molar refractivity (Wildman–Crippen MR) is 99.9 cm³/mol. The van der Waals surface area contributed by atoms with Crippen molar-refractivity contribution in [3.05, 3.63) is 34.9 Å². The second kappa shape index (κ2) is 8.20. The monoisotopic (exact) mass is 381 g/mol. The van der Waals surface area contributed by atoms with Gasteiger partial charge in [0.05, 0.1) is 17.1 Å². The Hall–Kier alpha value is -1.89. The van der Waals surface area contributed by atoms with Gasteiger partial charge in [-0.05, 0) is 50.8 Å². The highest BCUT2D eigenvalue weighted by Crippen LogP contribution is 2.22. The molecule has 144 valence electrons. The number of esters is 1. The van der Waals surface area contributed by atoms with Gasteiger partial charge in [-0.2, -0.15) is 0 Å². The first-order valence-corrected chi connectivity index (χ1v) is 10.7. The number of hydrogen-bond acceptors (Lipinski definition) is 5. The van der Waals surface area contributed by atoms with Crippen molar-refractivity contribution in [1.29, 1.82) is 0 Å². The summed E-state index contributed by atoms with van der Waals surface area (Å²) in [7, 11) is -3.10. The van der Waals surface area contributed by atoms with Crippen molar-refractivity contribution in [2.75, 3.05) is 18.1 Å². The van der Waals surface area contributed by atoms with Crippen molar-refractivity contribution in [2.24, 2.45) is 0 Å². The van der Waals surface area contributed by atoms with E-state index in [1.54, 1.807) is 17.0 Å². The molecule has 0 radical (unpaired) electrons. The van der Waals surface area contributed by atoms with Gasteiger partial charge in [0.2, 0.25) is 0 Å². The van der Waals surface area contributed by atoms with Gasteiger partial charge in [-0.25, -0.2) is 13.2 Å². The molecule has 1 aromatic rings. The van der Waals surface area contributed by atoms with Crippen LogP contribution in [0.4, 0.5) is 0 Å². The van der Waals surface area contributed by atoms with E-state index in [-0.39, 0.29) is 36.1 Å². The lowest BCUT2D eigenvalue weighted by atomic mass is 10.0. The Morgan fingerprint density at radius 2 is 2.00 bits per heavy atom. The van der Waals surface area contributed by atoms with Crippen LogP contribution in [-0.2, 0) is 19.4 Å². The van der Waals surface area contributed by atoms with Crippen LogP contribution >= 0.6 is 0 Å². The molecular formula is C19H27NO5S. The molecule has 0 aromatic heterocycles. The van der Waals surface area contributed by atoms with E-state index in [0.29, 0.717) is 18.4 Å². The Labute approximate surface area is 155 Å². The number of nitrogens with zero attached hydrogens (tertiary/aromatic N) is 1. The minimum absolute atomic E-state index is 0.0198. The maximum absolute atomic E-state index is 12.7. The third-order valence-electron chi connectivity index (χ3n) is 5.11. The summed E-state index contributed by atoms with van der Waals surface area (Å²) in [5.41, 5.74) is 2.24. The zero-order valence-corrected chi connectivity index (χ0v) is 16.6. The zero-order chi connectivity index (χ0) is 19.5. The summed E-state index contributed by atoms with van der Waals surface area (Å²) >= 11 is 0. The molecule has 1 aromatic carbocycles. The predicted octanol–water partition coefficient (Wildman–Crippen LogP) is 2.27. The SMILES string of the molecule is CC[C@@H](C)N(C(=O)COC(=O)c1cccc(C)c1C)[C@H]1CCS(=O)(=O)C1. The normalized spacial score (nSPS) is 19.8. The average Bonchev–Trinajstić information content (AvgIpc) is 2.94. The smallest absolute Gasteiger partial charge is 0.338 e. The van der Waals surface area contributed by atoms with E-state index in [4.69, 9.17) is 4.74 Å². The molecule has 1 fully saturated rings. The molecule has 2 rings (SSSR count). The Kier molecular flexibility index (Phi) is 6.44. The standard InChI is InChI=1S/C19H27NO5S/c1-5-14(3)20(16-9-10-26(23,24)12-16)18(21)11-25-19(22)17-8-6-7-13(2)15(17)4/h6-8,14,16H,5,9-12H2,1-4H3/t14-,16+/m1/s1. The Bertz CT molecular complexity index is 787. The summed E-state index contributed by atoms with van der Waals surface area (Å²) in [5.74, 6) is -0.809. The lowest BCUT2D eigenvalue weighted by Crippen LogP contribution is -2.48. The van der Waals surface area contributed by atoms with Gasteiger partial charge in [0.25, 0.3) is 5.91 Å². The van der Waals surface area contributed by atoms with Gasteiger partial charge in [-0.15, -0.1) is 0 Å². The maximum atomic E-state index is 12.7. The van der Waals surface area contributed by atoms with Crippen LogP contribution in [0.2, 0.25) is 0 Å². The Balaban J connectivity index is 2.07. The van der Waals surface area contributed by atoms with Crippen LogP contribution in [0.15, 0.2) is 18.2 Å². The maximum Gasteiger partial charge on any atom is 0.338 e. The average molecular weight is 381 g/mol. The van der Waals surface area contributed by atoms with Crippen LogP contribution in [0.3, 0.4) is 0 Å².